The SMILES string of the molecule is CN(Cc1ccc(CCn2ccc(OCc3ccc(Cl)cn3)cc2=O)cc1)C(C)(C)C. The van der Waals surface area contributed by atoms with Crippen LogP contribution in [0.3, 0.4) is 0 Å². The molecule has 0 aliphatic heterocycles. The number of halogens is 1. The second-order valence-corrected chi connectivity index (χ2v) is 9.18. The number of aryl methyl sites for hydroxylation is 2. The van der Waals surface area contributed by atoms with E-state index >= 15 is 0 Å². The first-order valence-electron chi connectivity index (χ1n) is 10.4. The van der Waals surface area contributed by atoms with Crippen LogP contribution in [0, 0.1) is 0 Å². The van der Waals surface area contributed by atoms with E-state index in [0.29, 0.717) is 17.3 Å². The molecule has 2 heterocycles. The second-order valence-electron chi connectivity index (χ2n) is 8.74. The highest BCUT2D eigenvalue weighted by Crippen LogP contribution is 2.16. The summed E-state index contributed by atoms with van der Waals surface area (Å²) in [4.78, 5) is 18.9. The maximum absolute atomic E-state index is 12.4. The van der Waals surface area contributed by atoms with Crippen molar-refractivity contribution in [1.82, 2.24) is 14.5 Å². The molecule has 6 heteroatoms. The average Bonchev–Trinajstić information content (AvgIpc) is 2.73. The Bertz CT molecular complexity index is 1040. The van der Waals surface area contributed by atoms with Crippen molar-refractivity contribution in [2.75, 3.05) is 7.05 Å². The van der Waals surface area contributed by atoms with Crippen molar-refractivity contribution in [3.8, 4) is 5.75 Å². The van der Waals surface area contributed by atoms with Crippen LogP contribution >= 0.6 is 11.6 Å². The predicted octanol–water partition coefficient (Wildman–Crippen LogP) is 4.95. The highest BCUT2D eigenvalue weighted by Gasteiger charge is 2.16. The number of pyridine rings is 2. The van der Waals surface area contributed by atoms with E-state index in [4.69, 9.17) is 16.3 Å². The minimum absolute atomic E-state index is 0.0787. The molecule has 0 aliphatic rings. The lowest BCUT2D eigenvalue weighted by molar-refractivity contribution is 0.167. The summed E-state index contributed by atoms with van der Waals surface area (Å²) >= 11 is 5.84. The zero-order valence-corrected chi connectivity index (χ0v) is 19.4. The molecule has 0 fully saturated rings. The summed E-state index contributed by atoms with van der Waals surface area (Å²) in [6.07, 6.45) is 4.15. The van der Waals surface area contributed by atoms with Gasteiger partial charge in [0.1, 0.15) is 12.4 Å². The third-order valence-corrected chi connectivity index (χ3v) is 5.60. The monoisotopic (exact) mass is 439 g/mol. The first kappa shape index (κ1) is 23.0. The maximum Gasteiger partial charge on any atom is 0.254 e. The summed E-state index contributed by atoms with van der Waals surface area (Å²) in [7, 11) is 2.14. The highest BCUT2D eigenvalue weighted by molar-refractivity contribution is 6.30. The largest absolute Gasteiger partial charge is 0.487 e. The average molecular weight is 440 g/mol. The van der Waals surface area contributed by atoms with Gasteiger partial charge in [-0.3, -0.25) is 14.7 Å². The Kier molecular flexibility index (Phi) is 7.52. The molecule has 3 rings (SSSR count). The van der Waals surface area contributed by atoms with Crippen LogP contribution in [0.15, 0.2) is 65.7 Å². The summed E-state index contributed by atoms with van der Waals surface area (Å²) in [6, 6.07) is 15.5. The summed E-state index contributed by atoms with van der Waals surface area (Å²) in [6.45, 7) is 8.46. The topological polar surface area (TPSA) is 47.4 Å². The molecule has 5 nitrogen and oxygen atoms in total. The quantitative estimate of drug-likeness (QED) is 0.498. The van der Waals surface area contributed by atoms with Gasteiger partial charge < -0.3 is 9.30 Å². The second kappa shape index (κ2) is 10.1. The Morgan fingerprint density at radius 2 is 1.77 bits per heavy atom. The number of ether oxygens (including phenoxy) is 1. The molecule has 0 amide bonds. The van der Waals surface area contributed by atoms with E-state index in [1.807, 2.05) is 6.07 Å². The van der Waals surface area contributed by atoms with Crippen molar-refractivity contribution >= 4 is 11.6 Å². The number of benzene rings is 1. The van der Waals surface area contributed by atoms with Crippen LogP contribution in [0.4, 0.5) is 0 Å². The fourth-order valence-electron chi connectivity index (χ4n) is 2.99. The fraction of sp³-hybridized carbons (Fsp3) is 0.360. The molecule has 0 spiro atoms. The van der Waals surface area contributed by atoms with E-state index in [-0.39, 0.29) is 17.7 Å². The molecular formula is C25H30ClN3O2. The van der Waals surface area contributed by atoms with Gasteiger partial charge in [0.25, 0.3) is 5.56 Å². The number of rotatable bonds is 8. The minimum atomic E-state index is -0.0787. The summed E-state index contributed by atoms with van der Waals surface area (Å²) < 4.78 is 7.38. The molecule has 0 saturated heterocycles. The Morgan fingerprint density at radius 3 is 2.39 bits per heavy atom. The van der Waals surface area contributed by atoms with E-state index in [0.717, 1.165) is 18.7 Å². The van der Waals surface area contributed by atoms with Crippen LogP contribution in [0.25, 0.3) is 0 Å². The summed E-state index contributed by atoms with van der Waals surface area (Å²) in [5.41, 5.74) is 3.31. The smallest absolute Gasteiger partial charge is 0.254 e. The number of hydrogen-bond acceptors (Lipinski definition) is 4. The summed E-state index contributed by atoms with van der Waals surface area (Å²) in [5.74, 6) is 0.533. The van der Waals surface area contributed by atoms with Gasteiger partial charge >= 0.3 is 0 Å². The van der Waals surface area contributed by atoms with Gasteiger partial charge in [-0.05, 0) is 63.6 Å². The number of aromatic nitrogens is 2. The van der Waals surface area contributed by atoms with Gasteiger partial charge in [0.05, 0.1) is 10.7 Å². The van der Waals surface area contributed by atoms with Crippen molar-refractivity contribution in [1.29, 1.82) is 0 Å². The highest BCUT2D eigenvalue weighted by atomic mass is 35.5. The molecule has 164 valence electrons. The van der Waals surface area contributed by atoms with Gasteiger partial charge in [-0.2, -0.15) is 0 Å². The van der Waals surface area contributed by atoms with Crippen LogP contribution in [-0.4, -0.2) is 27.0 Å². The van der Waals surface area contributed by atoms with E-state index in [1.54, 1.807) is 29.1 Å². The van der Waals surface area contributed by atoms with Crippen LogP contribution in [0.5, 0.6) is 5.75 Å². The van der Waals surface area contributed by atoms with Crippen LogP contribution in [0.2, 0.25) is 5.02 Å². The third kappa shape index (κ3) is 6.94. The van der Waals surface area contributed by atoms with Crippen LogP contribution < -0.4 is 10.3 Å². The van der Waals surface area contributed by atoms with Crippen molar-refractivity contribution in [2.24, 2.45) is 0 Å². The predicted molar refractivity (Wildman–Crippen MR) is 126 cm³/mol. The molecule has 0 aliphatic carbocycles. The Balaban J connectivity index is 1.53. The molecule has 1 aromatic carbocycles. The lowest BCUT2D eigenvalue weighted by Crippen LogP contribution is -2.37. The first-order chi connectivity index (χ1) is 14.7. The zero-order chi connectivity index (χ0) is 22.4. The van der Waals surface area contributed by atoms with Crippen LogP contribution in [-0.2, 0) is 26.1 Å². The molecule has 0 radical (unpaired) electrons. The number of hydrogen-bond donors (Lipinski definition) is 0. The van der Waals surface area contributed by atoms with E-state index in [9.17, 15) is 4.79 Å². The Morgan fingerprint density at radius 1 is 1.06 bits per heavy atom. The van der Waals surface area contributed by atoms with E-state index < -0.39 is 0 Å². The standard InChI is InChI=1S/C25H30ClN3O2/c1-25(2,3)28(4)17-20-7-5-19(6-8-20)11-13-29-14-12-23(15-24(29)30)31-18-22-10-9-21(26)16-27-22/h5-10,12,14-16H,11,13,17-18H2,1-4H3. The lowest BCUT2D eigenvalue weighted by Gasteiger charge is -2.31. The Hall–Kier alpha value is -2.63. The van der Waals surface area contributed by atoms with Gasteiger partial charge in [-0.25, -0.2) is 0 Å². The van der Waals surface area contributed by atoms with Crippen molar-refractivity contribution in [2.45, 2.75) is 52.4 Å². The third-order valence-electron chi connectivity index (χ3n) is 5.37. The van der Waals surface area contributed by atoms with Gasteiger partial charge in [0, 0.05) is 37.1 Å². The molecule has 0 atom stereocenters. The van der Waals surface area contributed by atoms with Gasteiger partial charge in [0.15, 0.2) is 0 Å². The molecule has 0 saturated carbocycles. The fourth-order valence-corrected chi connectivity index (χ4v) is 3.10. The molecule has 2 aromatic heterocycles. The molecule has 0 N–H and O–H groups in total. The molecule has 31 heavy (non-hydrogen) atoms. The van der Waals surface area contributed by atoms with Gasteiger partial charge in [-0.1, -0.05) is 35.9 Å². The van der Waals surface area contributed by atoms with Gasteiger partial charge in [0.2, 0.25) is 0 Å². The van der Waals surface area contributed by atoms with E-state index in [2.05, 4.69) is 62.0 Å². The van der Waals surface area contributed by atoms with Crippen LogP contribution in [0.1, 0.15) is 37.6 Å². The minimum Gasteiger partial charge on any atom is -0.487 e. The lowest BCUT2D eigenvalue weighted by atomic mass is 10.0. The molecule has 3 aromatic rings. The van der Waals surface area contributed by atoms with Crippen molar-refractivity contribution < 1.29 is 4.74 Å². The normalized spacial score (nSPS) is 11.7. The first-order valence-corrected chi connectivity index (χ1v) is 10.8. The Labute approximate surface area is 189 Å². The number of nitrogens with zero attached hydrogens (tertiary/aromatic N) is 3. The molecular weight excluding hydrogens is 410 g/mol. The molecule has 0 bridgehead atoms. The zero-order valence-electron chi connectivity index (χ0n) is 18.6. The summed E-state index contributed by atoms with van der Waals surface area (Å²) in [5, 5.41) is 0.582. The van der Waals surface area contributed by atoms with Gasteiger partial charge in [-0.15, -0.1) is 0 Å². The maximum atomic E-state index is 12.4. The van der Waals surface area contributed by atoms with Crippen molar-refractivity contribution in [3.63, 3.8) is 0 Å². The van der Waals surface area contributed by atoms with Crippen molar-refractivity contribution in [3.05, 3.63) is 93.1 Å². The van der Waals surface area contributed by atoms with E-state index in [1.165, 1.54) is 17.2 Å². The molecule has 0 unspecified atom stereocenters.